The van der Waals surface area contributed by atoms with Gasteiger partial charge in [-0.05, 0) is 12.1 Å². The highest BCUT2D eigenvalue weighted by Crippen LogP contribution is 2.31. The first kappa shape index (κ1) is 16.6. The molecule has 130 valence electrons. The standard InChI is InChI=1S/C14H7F5N4O2/c15-9-5-4-7(13(16)20-9)24-10-2-1-3-11(21-10)25-12-6-8(22-23-12)14(17,18)19/h1-6H,(H,22,23). The van der Waals surface area contributed by atoms with E-state index in [0.29, 0.717) is 6.07 Å². The van der Waals surface area contributed by atoms with E-state index in [1.165, 1.54) is 18.2 Å². The minimum Gasteiger partial charge on any atom is -0.434 e. The zero-order valence-electron chi connectivity index (χ0n) is 12.0. The molecule has 0 fully saturated rings. The van der Waals surface area contributed by atoms with Gasteiger partial charge in [0.05, 0.1) is 0 Å². The van der Waals surface area contributed by atoms with Gasteiger partial charge >= 0.3 is 6.18 Å². The Balaban J connectivity index is 1.76. The van der Waals surface area contributed by atoms with Gasteiger partial charge in [-0.15, -0.1) is 0 Å². The molecule has 0 saturated carbocycles. The van der Waals surface area contributed by atoms with Crippen LogP contribution >= 0.6 is 0 Å². The van der Waals surface area contributed by atoms with Crippen LogP contribution in [0.2, 0.25) is 0 Å². The molecule has 0 aliphatic heterocycles. The third-order valence-corrected chi connectivity index (χ3v) is 2.75. The number of rotatable bonds is 4. The predicted molar refractivity (Wildman–Crippen MR) is 72.1 cm³/mol. The lowest BCUT2D eigenvalue weighted by Crippen LogP contribution is -2.04. The molecular formula is C14H7F5N4O2. The number of halogens is 5. The van der Waals surface area contributed by atoms with E-state index in [1.807, 2.05) is 0 Å². The Morgan fingerprint density at radius 2 is 1.64 bits per heavy atom. The Bertz CT molecular complexity index is 897. The van der Waals surface area contributed by atoms with Crippen molar-refractivity contribution in [1.29, 1.82) is 0 Å². The zero-order valence-corrected chi connectivity index (χ0v) is 12.0. The molecule has 25 heavy (non-hydrogen) atoms. The molecule has 11 heteroatoms. The number of nitrogens with zero attached hydrogens (tertiary/aromatic N) is 3. The van der Waals surface area contributed by atoms with Crippen molar-refractivity contribution in [2.75, 3.05) is 0 Å². The van der Waals surface area contributed by atoms with Crippen molar-refractivity contribution in [3.8, 4) is 23.4 Å². The summed E-state index contributed by atoms with van der Waals surface area (Å²) in [5, 5.41) is 5.13. The summed E-state index contributed by atoms with van der Waals surface area (Å²) < 4.78 is 73.8. The SMILES string of the molecule is Fc1ccc(Oc2cccc(Oc3cc(C(F)(F)F)n[nH]3)n2)c(F)n1. The Morgan fingerprint density at radius 1 is 0.920 bits per heavy atom. The number of hydrogen-bond donors (Lipinski definition) is 1. The number of nitrogens with one attached hydrogen (secondary N) is 1. The summed E-state index contributed by atoms with van der Waals surface area (Å²) in [5.74, 6) is -3.16. The average Bonchev–Trinajstić information content (AvgIpc) is 2.99. The monoisotopic (exact) mass is 358 g/mol. The summed E-state index contributed by atoms with van der Waals surface area (Å²) in [5.41, 5.74) is -1.16. The molecule has 0 radical (unpaired) electrons. The Morgan fingerprint density at radius 3 is 2.28 bits per heavy atom. The van der Waals surface area contributed by atoms with Gasteiger partial charge in [0, 0.05) is 18.2 Å². The van der Waals surface area contributed by atoms with E-state index in [9.17, 15) is 22.0 Å². The Hall–Kier alpha value is -3.24. The molecule has 0 aliphatic carbocycles. The van der Waals surface area contributed by atoms with Gasteiger partial charge in [-0.1, -0.05) is 6.07 Å². The molecule has 3 rings (SSSR count). The van der Waals surface area contributed by atoms with Gasteiger partial charge in [-0.2, -0.15) is 37.0 Å². The normalized spacial score (nSPS) is 11.4. The largest absolute Gasteiger partial charge is 0.435 e. The van der Waals surface area contributed by atoms with Crippen LogP contribution in [0.25, 0.3) is 0 Å². The quantitative estimate of drug-likeness (QED) is 0.562. The van der Waals surface area contributed by atoms with Crippen LogP contribution < -0.4 is 9.47 Å². The third kappa shape index (κ3) is 4.00. The third-order valence-electron chi connectivity index (χ3n) is 2.75. The van der Waals surface area contributed by atoms with E-state index in [0.717, 1.165) is 12.1 Å². The van der Waals surface area contributed by atoms with E-state index >= 15 is 0 Å². The second-order valence-electron chi connectivity index (χ2n) is 4.56. The number of hydrogen-bond acceptors (Lipinski definition) is 5. The Kier molecular flexibility index (Phi) is 4.21. The fourth-order valence-corrected chi connectivity index (χ4v) is 1.71. The first-order valence-corrected chi connectivity index (χ1v) is 6.59. The molecule has 0 aromatic carbocycles. The van der Waals surface area contributed by atoms with Crippen LogP contribution in [0.3, 0.4) is 0 Å². The summed E-state index contributed by atoms with van der Waals surface area (Å²) >= 11 is 0. The molecule has 1 N–H and O–H groups in total. The van der Waals surface area contributed by atoms with Gasteiger partial charge in [-0.3, -0.25) is 0 Å². The minimum atomic E-state index is -4.62. The number of alkyl halides is 3. The fourth-order valence-electron chi connectivity index (χ4n) is 1.71. The van der Waals surface area contributed by atoms with E-state index in [4.69, 9.17) is 9.47 Å². The maximum atomic E-state index is 13.4. The summed E-state index contributed by atoms with van der Waals surface area (Å²) in [6.45, 7) is 0. The van der Waals surface area contributed by atoms with Crippen molar-refractivity contribution in [2.24, 2.45) is 0 Å². The summed E-state index contributed by atoms with van der Waals surface area (Å²) in [7, 11) is 0. The maximum Gasteiger partial charge on any atom is 0.435 e. The molecule has 0 bridgehead atoms. The van der Waals surface area contributed by atoms with Crippen molar-refractivity contribution in [1.82, 2.24) is 20.2 Å². The minimum absolute atomic E-state index is 0.134. The van der Waals surface area contributed by atoms with E-state index < -0.39 is 23.8 Å². The van der Waals surface area contributed by atoms with Crippen molar-refractivity contribution < 1.29 is 31.4 Å². The molecule has 0 unspecified atom stereocenters. The highest BCUT2D eigenvalue weighted by atomic mass is 19.4. The first-order chi connectivity index (χ1) is 11.8. The molecule has 3 aromatic heterocycles. The van der Waals surface area contributed by atoms with Crippen molar-refractivity contribution in [3.05, 3.63) is 54.0 Å². The summed E-state index contributed by atoms with van der Waals surface area (Å²) in [6.07, 6.45) is -4.62. The van der Waals surface area contributed by atoms with E-state index in [1.54, 1.807) is 0 Å². The summed E-state index contributed by atoms with van der Waals surface area (Å²) in [6, 6.07) is 6.63. The average molecular weight is 358 g/mol. The van der Waals surface area contributed by atoms with Gasteiger partial charge in [0.25, 0.3) is 5.95 Å². The second kappa shape index (κ2) is 6.34. The molecule has 0 aliphatic rings. The number of ether oxygens (including phenoxy) is 2. The summed E-state index contributed by atoms with van der Waals surface area (Å²) in [4.78, 5) is 6.79. The van der Waals surface area contributed by atoms with Crippen molar-refractivity contribution >= 4 is 0 Å². The Labute approximate surface area is 136 Å². The molecule has 0 amide bonds. The van der Waals surface area contributed by atoms with Gasteiger partial charge in [0.1, 0.15) is 0 Å². The topological polar surface area (TPSA) is 72.9 Å². The van der Waals surface area contributed by atoms with Crippen LogP contribution in [-0.4, -0.2) is 20.2 Å². The van der Waals surface area contributed by atoms with Crippen molar-refractivity contribution in [2.45, 2.75) is 6.18 Å². The van der Waals surface area contributed by atoms with Gasteiger partial charge < -0.3 is 9.47 Å². The highest BCUT2D eigenvalue weighted by molar-refractivity contribution is 5.29. The van der Waals surface area contributed by atoms with Crippen molar-refractivity contribution in [3.63, 3.8) is 0 Å². The van der Waals surface area contributed by atoms with Crippen LogP contribution in [-0.2, 0) is 6.18 Å². The van der Waals surface area contributed by atoms with Gasteiger partial charge in [0.2, 0.25) is 23.6 Å². The maximum absolute atomic E-state index is 13.4. The molecule has 0 saturated heterocycles. The number of H-pyrrole nitrogens is 1. The van der Waals surface area contributed by atoms with E-state index in [2.05, 4.69) is 20.2 Å². The zero-order chi connectivity index (χ0) is 18.0. The molecular weight excluding hydrogens is 351 g/mol. The van der Waals surface area contributed by atoms with Crippen LogP contribution in [0.1, 0.15) is 5.69 Å². The first-order valence-electron chi connectivity index (χ1n) is 6.59. The van der Waals surface area contributed by atoms with Crippen LogP contribution in [0.4, 0.5) is 22.0 Å². The predicted octanol–water partition coefficient (Wildman–Crippen LogP) is 4.08. The number of aromatic amines is 1. The molecule has 0 spiro atoms. The van der Waals surface area contributed by atoms with E-state index in [-0.39, 0.29) is 23.4 Å². The second-order valence-corrected chi connectivity index (χ2v) is 4.56. The molecule has 0 atom stereocenters. The fraction of sp³-hybridized carbons (Fsp3) is 0.0714. The number of pyridine rings is 2. The lowest BCUT2D eigenvalue weighted by Gasteiger charge is -2.07. The lowest BCUT2D eigenvalue weighted by atomic mass is 10.4. The molecule has 3 heterocycles. The molecule has 6 nitrogen and oxygen atoms in total. The van der Waals surface area contributed by atoms with Crippen LogP contribution in [0.5, 0.6) is 23.4 Å². The number of aromatic nitrogens is 4. The lowest BCUT2D eigenvalue weighted by molar-refractivity contribution is -0.141. The smallest absolute Gasteiger partial charge is 0.434 e. The highest BCUT2D eigenvalue weighted by Gasteiger charge is 2.34. The molecule has 3 aromatic rings. The van der Waals surface area contributed by atoms with Gasteiger partial charge in [0.15, 0.2) is 11.4 Å². The van der Waals surface area contributed by atoms with Crippen LogP contribution in [0, 0.1) is 11.9 Å². The van der Waals surface area contributed by atoms with Crippen LogP contribution in [0.15, 0.2) is 36.4 Å². The van der Waals surface area contributed by atoms with Gasteiger partial charge in [-0.25, -0.2) is 5.10 Å².